The van der Waals surface area contributed by atoms with Crippen LogP contribution in [0.4, 0.5) is 11.4 Å². The van der Waals surface area contributed by atoms with Crippen molar-refractivity contribution in [2.45, 2.75) is 12.8 Å². The van der Waals surface area contributed by atoms with Crippen molar-refractivity contribution in [3.8, 4) is 17.2 Å². The van der Waals surface area contributed by atoms with Gasteiger partial charge in [0.25, 0.3) is 5.91 Å². The number of fused-ring (bicyclic) bond motifs is 1. The van der Waals surface area contributed by atoms with E-state index in [1.54, 1.807) is 61.7 Å². The first-order valence-corrected chi connectivity index (χ1v) is 11.7. The van der Waals surface area contributed by atoms with E-state index < -0.39 is 18.5 Å². The fourth-order valence-corrected chi connectivity index (χ4v) is 3.56. The minimum Gasteiger partial charge on any atom is -0.497 e. The van der Waals surface area contributed by atoms with E-state index in [4.69, 9.17) is 14.2 Å². The van der Waals surface area contributed by atoms with Crippen molar-refractivity contribution in [2.75, 3.05) is 24.4 Å². The summed E-state index contributed by atoms with van der Waals surface area (Å²) >= 11 is 0. The van der Waals surface area contributed by atoms with E-state index in [-0.39, 0.29) is 18.7 Å². The quantitative estimate of drug-likeness (QED) is 0.278. The summed E-state index contributed by atoms with van der Waals surface area (Å²) in [6.45, 7) is -0.431. The minimum atomic E-state index is -0.633. The molecule has 4 aromatic rings. The zero-order valence-electron chi connectivity index (χ0n) is 20.2. The Labute approximate surface area is 214 Å². The Morgan fingerprint density at radius 2 is 1.32 bits per heavy atom. The number of amides is 2. The number of hydrogen-bond donors (Lipinski definition) is 2. The fourth-order valence-electron chi connectivity index (χ4n) is 3.56. The molecular weight excluding hydrogens is 472 g/mol. The highest BCUT2D eigenvalue weighted by atomic mass is 16.5. The van der Waals surface area contributed by atoms with E-state index in [0.717, 1.165) is 16.5 Å². The Bertz CT molecular complexity index is 1380. The monoisotopic (exact) mass is 498 g/mol. The summed E-state index contributed by atoms with van der Waals surface area (Å²) in [5.41, 5.74) is 1.20. The Balaban J connectivity index is 1.17. The van der Waals surface area contributed by atoms with Crippen LogP contribution in [-0.2, 0) is 19.1 Å². The lowest BCUT2D eigenvalue weighted by molar-refractivity contribution is -0.147. The molecule has 37 heavy (non-hydrogen) atoms. The van der Waals surface area contributed by atoms with E-state index in [0.29, 0.717) is 22.9 Å². The molecule has 0 aliphatic rings. The molecule has 0 bridgehead atoms. The number of anilines is 2. The first kappa shape index (κ1) is 25.2. The SMILES string of the molecule is COc1ccc(Oc2ccc(NC(=O)CCC(=O)OCC(=O)Nc3cccc4ccccc34)cc2)cc1. The summed E-state index contributed by atoms with van der Waals surface area (Å²) in [5, 5.41) is 7.35. The maximum absolute atomic E-state index is 12.2. The molecule has 0 heterocycles. The second kappa shape index (κ2) is 12.2. The van der Waals surface area contributed by atoms with E-state index in [1.807, 2.05) is 36.4 Å². The molecule has 0 aliphatic carbocycles. The molecule has 4 aromatic carbocycles. The van der Waals surface area contributed by atoms with Crippen LogP contribution in [0.15, 0.2) is 91.0 Å². The van der Waals surface area contributed by atoms with Gasteiger partial charge in [0.2, 0.25) is 5.91 Å². The summed E-state index contributed by atoms with van der Waals surface area (Å²) in [6, 6.07) is 27.2. The van der Waals surface area contributed by atoms with Crippen molar-refractivity contribution in [3.05, 3.63) is 91.0 Å². The Morgan fingerprint density at radius 3 is 2.05 bits per heavy atom. The van der Waals surface area contributed by atoms with E-state index in [1.165, 1.54) is 0 Å². The van der Waals surface area contributed by atoms with Crippen LogP contribution < -0.4 is 20.1 Å². The van der Waals surface area contributed by atoms with Gasteiger partial charge in [0.05, 0.1) is 13.5 Å². The number of carbonyl (C=O) groups is 3. The number of benzene rings is 4. The third kappa shape index (κ3) is 7.32. The van der Waals surface area contributed by atoms with Gasteiger partial charge < -0.3 is 24.8 Å². The van der Waals surface area contributed by atoms with Gasteiger partial charge in [0.1, 0.15) is 17.2 Å². The molecule has 0 saturated heterocycles. The number of nitrogens with one attached hydrogen (secondary N) is 2. The average molecular weight is 499 g/mol. The van der Waals surface area contributed by atoms with Gasteiger partial charge in [-0.2, -0.15) is 0 Å². The number of hydrogen-bond acceptors (Lipinski definition) is 6. The third-order valence-electron chi connectivity index (χ3n) is 5.42. The van der Waals surface area contributed by atoms with Gasteiger partial charge in [-0.1, -0.05) is 36.4 Å². The van der Waals surface area contributed by atoms with Crippen molar-refractivity contribution in [3.63, 3.8) is 0 Å². The van der Waals surface area contributed by atoms with Gasteiger partial charge in [-0.3, -0.25) is 14.4 Å². The smallest absolute Gasteiger partial charge is 0.306 e. The molecule has 2 N–H and O–H groups in total. The highest BCUT2D eigenvalue weighted by Gasteiger charge is 2.12. The maximum atomic E-state index is 12.2. The second-order valence-corrected chi connectivity index (χ2v) is 8.09. The van der Waals surface area contributed by atoms with Crippen molar-refractivity contribution >= 4 is 39.9 Å². The number of ether oxygens (including phenoxy) is 3. The van der Waals surface area contributed by atoms with E-state index in [9.17, 15) is 14.4 Å². The molecule has 0 aromatic heterocycles. The van der Waals surface area contributed by atoms with Crippen LogP contribution in [0.2, 0.25) is 0 Å². The average Bonchev–Trinajstić information content (AvgIpc) is 2.92. The van der Waals surface area contributed by atoms with Crippen LogP contribution in [0.5, 0.6) is 17.2 Å². The Morgan fingerprint density at radius 1 is 0.676 bits per heavy atom. The zero-order chi connectivity index (χ0) is 26.0. The minimum absolute atomic E-state index is 0.0755. The van der Waals surface area contributed by atoms with Gasteiger partial charge >= 0.3 is 5.97 Å². The summed E-state index contributed by atoms with van der Waals surface area (Å²) < 4.78 is 15.9. The van der Waals surface area contributed by atoms with Crippen LogP contribution in [0, 0.1) is 0 Å². The van der Waals surface area contributed by atoms with Crippen LogP contribution in [-0.4, -0.2) is 31.5 Å². The highest BCUT2D eigenvalue weighted by molar-refractivity contribution is 6.02. The van der Waals surface area contributed by atoms with Crippen LogP contribution >= 0.6 is 0 Å². The molecule has 0 atom stereocenters. The normalized spacial score (nSPS) is 10.4. The molecule has 4 rings (SSSR count). The summed E-state index contributed by atoms with van der Waals surface area (Å²) in [7, 11) is 1.60. The van der Waals surface area contributed by atoms with Gasteiger partial charge in [-0.15, -0.1) is 0 Å². The lowest BCUT2D eigenvalue weighted by atomic mass is 10.1. The van der Waals surface area contributed by atoms with Crippen LogP contribution in [0.25, 0.3) is 10.8 Å². The summed E-state index contributed by atoms with van der Waals surface area (Å²) in [6.07, 6.45) is -0.222. The summed E-state index contributed by atoms with van der Waals surface area (Å²) in [4.78, 5) is 36.5. The van der Waals surface area contributed by atoms with Crippen LogP contribution in [0.1, 0.15) is 12.8 Å². The van der Waals surface area contributed by atoms with Gasteiger partial charge in [-0.05, 0) is 60.0 Å². The summed E-state index contributed by atoms with van der Waals surface area (Å²) in [5.74, 6) is 0.562. The largest absolute Gasteiger partial charge is 0.497 e. The molecular formula is C29H26N2O6. The first-order valence-electron chi connectivity index (χ1n) is 11.7. The number of rotatable bonds is 10. The molecule has 188 valence electrons. The standard InChI is InChI=1S/C29H26N2O6/c1-35-22-13-15-24(16-14-22)37-23-11-9-21(10-12-23)30-27(32)17-18-29(34)36-19-28(33)31-26-8-4-6-20-5-2-3-7-25(20)26/h2-16H,17-19H2,1H3,(H,30,32)(H,31,33). The third-order valence-corrected chi connectivity index (χ3v) is 5.42. The van der Waals surface area contributed by atoms with Crippen molar-refractivity contribution in [1.82, 2.24) is 0 Å². The molecule has 8 heteroatoms. The van der Waals surface area contributed by atoms with Crippen LogP contribution in [0.3, 0.4) is 0 Å². The number of methoxy groups -OCH3 is 1. The first-order chi connectivity index (χ1) is 18.0. The number of carbonyl (C=O) groups excluding carboxylic acids is 3. The van der Waals surface area contributed by atoms with Gasteiger partial charge in [0.15, 0.2) is 6.61 Å². The van der Waals surface area contributed by atoms with Crippen molar-refractivity contribution in [2.24, 2.45) is 0 Å². The fraction of sp³-hybridized carbons (Fsp3) is 0.138. The highest BCUT2D eigenvalue weighted by Crippen LogP contribution is 2.25. The maximum Gasteiger partial charge on any atom is 0.306 e. The molecule has 0 fully saturated rings. The topological polar surface area (TPSA) is 103 Å². The molecule has 8 nitrogen and oxygen atoms in total. The van der Waals surface area contributed by atoms with E-state index >= 15 is 0 Å². The molecule has 0 unspecified atom stereocenters. The lowest BCUT2D eigenvalue weighted by Crippen LogP contribution is -2.22. The molecule has 2 amide bonds. The number of esters is 1. The predicted octanol–water partition coefficient (Wildman–Crippen LogP) is 5.54. The molecule has 0 spiro atoms. The zero-order valence-corrected chi connectivity index (χ0v) is 20.2. The van der Waals surface area contributed by atoms with E-state index in [2.05, 4.69) is 10.6 Å². The molecule has 0 radical (unpaired) electrons. The molecule has 0 saturated carbocycles. The van der Waals surface area contributed by atoms with Gasteiger partial charge in [0, 0.05) is 23.2 Å². The van der Waals surface area contributed by atoms with Crippen molar-refractivity contribution < 1.29 is 28.6 Å². The predicted molar refractivity (Wildman–Crippen MR) is 141 cm³/mol. The Kier molecular flexibility index (Phi) is 8.33. The van der Waals surface area contributed by atoms with Crippen molar-refractivity contribution in [1.29, 1.82) is 0 Å². The Hall–Kier alpha value is -4.85. The second-order valence-electron chi connectivity index (χ2n) is 8.09. The molecule has 0 aliphatic heterocycles. The lowest BCUT2D eigenvalue weighted by Gasteiger charge is -2.10. The van der Waals surface area contributed by atoms with Gasteiger partial charge in [-0.25, -0.2) is 0 Å².